The maximum Gasteiger partial charge on any atom is 0.247 e. The number of likely N-dealkylation sites (N-methyl/N-ethyl adjacent to an activating group) is 1. The molecule has 0 saturated carbocycles. The van der Waals surface area contributed by atoms with Gasteiger partial charge in [-0.15, -0.1) is 0 Å². The fourth-order valence-corrected chi connectivity index (χ4v) is 7.08. The van der Waals surface area contributed by atoms with Gasteiger partial charge in [-0.25, -0.2) is 8.42 Å². The van der Waals surface area contributed by atoms with Crippen LogP contribution in [0.2, 0.25) is 0 Å². The smallest absolute Gasteiger partial charge is 0.247 e. The van der Waals surface area contributed by atoms with Crippen molar-refractivity contribution in [2.24, 2.45) is 0 Å². The number of piperazine rings is 1. The summed E-state index contributed by atoms with van der Waals surface area (Å²) in [5.74, 6) is 1.34. The molecule has 0 aromatic heterocycles. The summed E-state index contributed by atoms with van der Waals surface area (Å²) in [5.41, 5.74) is 1.62. The summed E-state index contributed by atoms with van der Waals surface area (Å²) in [6.07, 6.45) is 2.73. The molecule has 1 aromatic carbocycles. The minimum atomic E-state index is -3.81. The van der Waals surface area contributed by atoms with Crippen molar-refractivity contribution in [2.45, 2.75) is 30.7 Å². The Hall–Kier alpha value is -2.08. The first-order chi connectivity index (χ1) is 15.9. The van der Waals surface area contributed by atoms with Crippen molar-refractivity contribution in [1.29, 1.82) is 0 Å². The molecule has 4 heterocycles. The van der Waals surface area contributed by atoms with Crippen molar-refractivity contribution >= 4 is 15.9 Å². The highest BCUT2D eigenvalue weighted by atomic mass is 32.2. The van der Waals surface area contributed by atoms with Crippen LogP contribution in [0.4, 0.5) is 0 Å². The Bertz CT molecular complexity index is 1030. The normalized spacial score (nSPS) is 21.9. The number of nitrogens with zero attached hydrogens (tertiary/aromatic N) is 4. The summed E-state index contributed by atoms with van der Waals surface area (Å²) in [5, 5.41) is 0. The largest absolute Gasteiger partial charge is 0.492 e. The molecule has 4 aliphatic rings. The molecule has 5 rings (SSSR count). The van der Waals surface area contributed by atoms with Crippen molar-refractivity contribution in [3.05, 3.63) is 11.1 Å². The molecule has 2 fully saturated rings. The van der Waals surface area contributed by atoms with Gasteiger partial charge in [0.25, 0.3) is 0 Å². The summed E-state index contributed by atoms with van der Waals surface area (Å²) < 4.78 is 46.3. The molecule has 0 spiro atoms. The van der Waals surface area contributed by atoms with Crippen LogP contribution in [0.15, 0.2) is 4.90 Å². The van der Waals surface area contributed by atoms with Crippen molar-refractivity contribution in [1.82, 2.24) is 19.0 Å². The zero-order chi connectivity index (χ0) is 23.2. The molecule has 0 N–H and O–H groups in total. The summed E-state index contributed by atoms with van der Waals surface area (Å²) in [7, 11) is -0.230. The second-order valence-electron chi connectivity index (χ2n) is 9.14. The Kier molecular flexibility index (Phi) is 6.15. The summed E-state index contributed by atoms with van der Waals surface area (Å²) in [4.78, 5) is 18.8. The zero-order valence-corrected chi connectivity index (χ0v) is 20.2. The first-order valence-corrected chi connectivity index (χ1v) is 13.0. The van der Waals surface area contributed by atoms with Crippen LogP contribution in [0, 0.1) is 0 Å². The number of carbonyl (C=O) groups excluding carboxylic acids is 1. The van der Waals surface area contributed by atoms with Crippen LogP contribution >= 0.6 is 0 Å². The lowest BCUT2D eigenvalue weighted by Crippen LogP contribution is -2.51. The van der Waals surface area contributed by atoms with E-state index in [4.69, 9.17) is 14.2 Å². The van der Waals surface area contributed by atoms with E-state index in [1.807, 2.05) is 11.9 Å². The monoisotopic (exact) mass is 480 g/mol. The molecule has 0 aliphatic carbocycles. The molecule has 0 unspecified atom stereocenters. The van der Waals surface area contributed by atoms with E-state index in [0.29, 0.717) is 57.2 Å². The fourth-order valence-electron chi connectivity index (χ4n) is 5.25. The number of methoxy groups -OCH3 is 1. The quantitative estimate of drug-likeness (QED) is 0.596. The predicted molar refractivity (Wildman–Crippen MR) is 120 cm³/mol. The lowest BCUT2D eigenvalue weighted by atomic mass is 9.97. The van der Waals surface area contributed by atoms with Gasteiger partial charge in [0.15, 0.2) is 11.5 Å². The molecule has 1 amide bonds. The molecule has 33 heavy (non-hydrogen) atoms. The summed E-state index contributed by atoms with van der Waals surface area (Å²) in [6.45, 7) is 5.06. The number of benzene rings is 1. The van der Waals surface area contributed by atoms with Crippen molar-refractivity contribution in [2.75, 3.05) is 73.3 Å². The number of hydrogen-bond donors (Lipinski definition) is 0. The lowest BCUT2D eigenvalue weighted by Gasteiger charge is -2.35. The van der Waals surface area contributed by atoms with Crippen LogP contribution in [0.25, 0.3) is 0 Å². The number of rotatable bonds is 5. The summed E-state index contributed by atoms with van der Waals surface area (Å²) in [6, 6.07) is 0. The Labute approximate surface area is 195 Å². The third-order valence-corrected chi connectivity index (χ3v) is 9.05. The lowest BCUT2D eigenvalue weighted by molar-refractivity contribution is -0.131. The van der Waals surface area contributed by atoms with Crippen LogP contribution in [0.5, 0.6) is 17.2 Å². The van der Waals surface area contributed by atoms with E-state index in [1.165, 1.54) is 4.31 Å². The highest BCUT2D eigenvalue weighted by Gasteiger charge is 2.41. The number of hydrogen-bond acceptors (Lipinski definition) is 8. The molecule has 182 valence electrons. The molecule has 1 aromatic rings. The molecular formula is C22H32N4O6S. The number of carbonyl (C=O) groups is 1. The second kappa shape index (κ2) is 8.94. The van der Waals surface area contributed by atoms with Gasteiger partial charge in [-0.05, 0) is 31.9 Å². The Morgan fingerprint density at radius 2 is 1.67 bits per heavy atom. The van der Waals surface area contributed by atoms with E-state index in [2.05, 4.69) is 9.80 Å². The molecular weight excluding hydrogens is 448 g/mol. The molecule has 2 saturated heterocycles. The van der Waals surface area contributed by atoms with Gasteiger partial charge in [0.2, 0.25) is 28.5 Å². The van der Waals surface area contributed by atoms with E-state index >= 15 is 0 Å². The number of amides is 1. The SMILES string of the molecule is COc1c2c(c(S(=O)(=O)N3CCN(CC(=O)N4CCCC4)CC3)c3c1OCO3)CCN(C)C2. The minimum Gasteiger partial charge on any atom is -0.492 e. The van der Waals surface area contributed by atoms with Crippen molar-refractivity contribution in [3.8, 4) is 17.2 Å². The van der Waals surface area contributed by atoms with E-state index < -0.39 is 10.0 Å². The van der Waals surface area contributed by atoms with Gasteiger partial charge in [0.1, 0.15) is 4.90 Å². The predicted octanol–water partition coefficient (Wildman–Crippen LogP) is 0.341. The van der Waals surface area contributed by atoms with E-state index in [-0.39, 0.29) is 23.3 Å². The van der Waals surface area contributed by atoms with Crippen LogP contribution in [0.3, 0.4) is 0 Å². The van der Waals surface area contributed by atoms with Crippen LogP contribution in [-0.2, 0) is 27.8 Å². The standard InChI is InChI=1S/C22H32N4O6S/c1-23-8-5-16-17(13-23)19(30-2)20-21(32-15-31-20)22(16)33(28,29)26-11-9-24(10-12-26)14-18(27)25-6-3-4-7-25/h3-15H2,1-2H3. The third-order valence-electron chi connectivity index (χ3n) is 7.06. The maximum absolute atomic E-state index is 13.9. The van der Waals surface area contributed by atoms with Gasteiger partial charge in [-0.2, -0.15) is 4.31 Å². The first-order valence-electron chi connectivity index (χ1n) is 11.6. The fraction of sp³-hybridized carbons (Fsp3) is 0.682. The molecule has 11 heteroatoms. The molecule has 10 nitrogen and oxygen atoms in total. The highest BCUT2D eigenvalue weighted by Crippen LogP contribution is 2.51. The van der Waals surface area contributed by atoms with Gasteiger partial charge in [0, 0.05) is 57.9 Å². The van der Waals surface area contributed by atoms with E-state index in [1.54, 1.807) is 7.11 Å². The van der Waals surface area contributed by atoms with Gasteiger partial charge in [-0.3, -0.25) is 9.69 Å². The third kappa shape index (κ3) is 4.05. The van der Waals surface area contributed by atoms with Gasteiger partial charge in [-0.1, -0.05) is 0 Å². The first kappa shape index (κ1) is 22.7. The van der Waals surface area contributed by atoms with Gasteiger partial charge in [0.05, 0.1) is 13.7 Å². The topological polar surface area (TPSA) is 91.9 Å². The van der Waals surface area contributed by atoms with Crippen LogP contribution in [0.1, 0.15) is 24.0 Å². The Balaban J connectivity index is 1.39. The van der Waals surface area contributed by atoms with Crippen molar-refractivity contribution in [3.63, 3.8) is 0 Å². The second-order valence-corrected chi connectivity index (χ2v) is 11.0. The summed E-state index contributed by atoms with van der Waals surface area (Å²) >= 11 is 0. The number of sulfonamides is 1. The van der Waals surface area contributed by atoms with Crippen molar-refractivity contribution < 1.29 is 27.4 Å². The van der Waals surface area contributed by atoms with E-state index in [9.17, 15) is 13.2 Å². The molecule has 4 aliphatic heterocycles. The molecule has 0 atom stereocenters. The maximum atomic E-state index is 13.9. The Morgan fingerprint density at radius 1 is 0.970 bits per heavy atom. The number of ether oxygens (including phenoxy) is 3. The average Bonchev–Trinajstić information content (AvgIpc) is 3.50. The van der Waals surface area contributed by atoms with E-state index in [0.717, 1.165) is 43.6 Å². The average molecular weight is 481 g/mol. The Morgan fingerprint density at radius 3 is 2.36 bits per heavy atom. The minimum absolute atomic E-state index is 0.0284. The number of fused-ring (bicyclic) bond motifs is 2. The zero-order valence-electron chi connectivity index (χ0n) is 19.3. The van der Waals surface area contributed by atoms with Gasteiger partial charge < -0.3 is 24.0 Å². The highest BCUT2D eigenvalue weighted by molar-refractivity contribution is 7.89. The van der Waals surface area contributed by atoms with Crippen LogP contribution in [-0.4, -0.2) is 107 Å². The number of likely N-dealkylation sites (tertiary alicyclic amines) is 1. The van der Waals surface area contributed by atoms with Crippen LogP contribution < -0.4 is 14.2 Å². The molecule has 0 bridgehead atoms. The molecule has 0 radical (unpaired) electrons. The van der Waals surface area contributed by atoms with Gasteiger partial charge >= 0.3 is 0 Å².